The summed E-state index contributed by atoms with van der Waals surface area (Å²) in [6.45, 7) is 12.8. The van der Waals surface area contributed by atoms with E-state index in [1.54, 1.807) is 63.2 Å². The predicted molar refractivity (Wildman–Crippen MR) is 524 cm³/mol. The minimum Gasteiger partial charge on any atom is -0.756 e. The quantitative estimate of drug-likeness (QED) is 0.0232. The minimum atomic E-state index is -5.45. The number of likely N-dealkylation sites (tertiary alicyclic amines) is 3. The monoisotopic (exact) mass is 2190 g/mol. The van der Waals surface area contributed by atoms with E-state index in [2.05, 4.69) is 31.9 Å². The van der Waals surface area contributed by atoms with Gasteiger partial charge in [-0.2, -0.15) is 0 Å². The fraction of sp³-hybridized carbons (Fsp3) is 0.903. The van der Waals surface area contributed by atoms with Crippen LogP contribution in [0.5, 0.6) is 0 Å². The van der Waals surface area contributed by atoms with Gasteiger partial charge in [-0.05, 0) is 157 Å². The summed E-state index contributed by atoms with van der Waals surface area (Å²) < 4.78 is 113. The lowest BCUT2D eigenvalue weighted by Gasteiger charge is -2.45. The average molecular weight is 2190 g/mol. The smallest absolute Gasteiger partial charge is 0.267 e. The summed E-state index contributed by atoms with van der Waals surface area (Å²) in [5, 5.41) is 146. The third-order valence-electron chi connectivity index (χ3n) is 24.7. The number of hydrogen-bond acceptors (Lipinski definition) is 42. The summed E-state index contributed by atoms with van der Waals surface area (Å²) in [5.74, 6) is -3.17. The summed E-state index contributed by atoms with van der Waals surface area (Å²) >= 11 is 0. The SMILES string of the molecule is CCO.CCO.CCO.CCO.CCO.CCOCCOP(=O)([O-])OCC1(COP(=O)([O-])OCC2(COP(=O)([O-])OCC3(CO)CCN(C(=O)CCCCCNC(=O)CCCCO[C@@H]4O[C@H](CO)[C@H](O)[C@H](O)[C@H]4NC(C)=O)CC3)CCN(C(=O)CCCCCNC(=O)CCCCO[C@@H]3O[C@H](CO)[C@H](C)[C@H](O)[C@H]3NC(C)=O)CC2)CCN(C(=O)CCCCCNC(=O)CCCCO[C@@H]2O[C@H](CO)[C@H](O)[C@H](O)[C@H]2NC(C)=O)CC1. The highest BCUT2D eigenvalue weighted by Gasteiger charge is 2.50. The number of carbonyl (C=O) groups excluding carboxylic acids is 9. The second-order valence-corrected chi connectivity index (χ2v) is 41.0. The Morgan fingerprint density at radius 3 is 0.871 bits per heavy atom. The Morgan fingerprint density at radius 1 is 0.340 bits per heavy atom. The molecule has 0 aliphatic carbocycles. The number of unbranched alkanes of at least 4 members (excludes halogenated alkanes) is 9. The zero-order chi connectivity index (χ0) is 111. The highest BCUT2D eigenvalue weighted by atomic mass is 31.2. The van der Waals surface area contributed by atoms with Gasteiger partial charge in [-0.15, -0.1) is 0 Å². The van der Waals surface area contributed by atoms with Gasteiger partial charge >= 0.3 is 0 Å². The van der Waals surface area contributed by atoms with Crippen LogP contribution in [0.25, 0.3) is 0 Å². The van der Waals surface area contributed by atoms with E-state index < -0.39 is 202 Å². The fourth-order valence-electron chi connectivity index (χ4n) is 16.2. The molecule has 3 unspecified atom stereocenters. The topological polar surface area (TPSA) is 759 Å². The molecule has 864 valence electrons. The lowest BCUT2D eigenvalue weighted by molar-refractivity contribution is -0.270. The maximum atomic E-state index is 14.1. The van der Waals surface area contributed by atoms with Crippen molar-refractivity contribution in [3.8, 4) is 0 Å². The number of phosphoric acid groups is 3. The van der Waals surface area contributed by atoms with Crippen molar-refractivity contribution < 1.29 is 203 Å². The molecule has 147 heavy (non-hydrogen) atoms. The molecule has 0 bridgehead atoms. The summed E-state index contributed by atoms with van der Waals surface area (Å²) in [5.41, 5.74) is -3.97. The molecule has 0 aromatic rings. The number of phosphoric ester groups is 3. The molecule has 0 radical (unpaired) electrons. The van der Waals surface area contributed by atoms with Crippen LogP contribution in [0.1, 0.15) is 243 Å². The zero-order valence-electron chi connectivity index (χ0n) is 87.6. The first-order chi connectivity index (χ1) is 69.8. The van der Waals surface area contributed by atoms with Crippen molar-refractivity contribution in [2.45, 2.75) is 328 Å². The molecule has 54 heteroatoms. The Bertz CT molecular complexity index is 3720. The molecule has 0 aromatic carbocycles. The number of aliphatic hydroxyl groups excluding tert-OH is 14. The number of piperidine rings is 3. The maximum Gasteiger partial charge on any atom is 0.267 e. The maximum absolute atomic E-state index is 14.1. The van der Waals surface area contributed by atoms with Gasteiger partial charge in [-0.25, -0.2) is 0 Å². The van der Waals surface area contributed by atoms with Crippen molar-refractivity contribution >= 4 is 76.6 Å². The molecule has 6 fully saturated rings. The van der Waals surface area contributed by atoms with Crippen LogP contribution in [0.2, 0.25) is 0 Å². The summed E-state index contributed by atoms with van der Waals surface area (Å²) in [7, 11) is -15.8. The molecule has 20 N–H and O–H groups in total. The number of aliphatic hydroxyl groups is 14. The van der Waals surface area contributed by atoms with Crippen LogP contribution in [0, 0.1) is 22.2 Å². The molecule has 6 saturated heterocycles. The number of ether oxygens (including phenoxy) is 7. The van der Waals surface area contributed by atoms with Gasteiger partial charge in [-0.3, -0.25) is 56.8 Å². The Hall–Kier alpha value is -5.28. The number of nitrogens with zero attached hydrogens (tertiary/aromatic N) is 3. The van der Waals surface area contributed by atoms with Gasteiger partial charge in [0.15, 0.2) is 18.9 Å². The van der Waals surface area contributed by atoms with Crippen molar-refractivity contribution in [3.63, 3.8) is 0 Å². The molecular weight excluding hydrogens is 2010 g/mol. The van der Waals surface area contributed by atoms with Crippen LogP contribution in [0.15, 0.2) is 0 Å². The lowest BCUT2D eigenvalue weighted by atomic mass is 9.80. The molecule has 6 aliphatic rings. The third-order valence-corrected chi connectivity index (χ3v) is 27.5. The van der Waals surface area contributed by atoms with E-state index in [1.807, 2.05) is 0 Å². The highest BCUT2D eigenvalue weighted by Crippen LogP contribution is 2.51. The lowest BCUT2D eigenvalue weighted by Crippen LogP contribution is -2.64. The molecule has 0 spiro atoms. The second kappa shape index (κ2) is 78.8. The van der Waals surface area contributed by atoms with Crippen LogP contribution in [0.3, 0.4) is 0 Å². The summed E-state index contributed by atoms with van der Waals surface area (Å²) in [4.78, 5) is 160. The first-order valence-corrected chi connectivity index (χ1v) is 55.7. The Balaban J connectivity index is 0.00000676. The van der Waals surface area contributed by atoms with Gasteiger partial charge in [0.25, 0.3) is 23.5 Å². The Morgan fingerprint density at radius 2 is 0.599 bits per heavy atom. The molecular formula is C93H177N9O42P3-3. The molecule has 6 aliphatic heterocycles. The van der Waals surface area contributed by atoms with E-state index in [0.29, 0.717) is 116 Å². The minimum absolute atomic E-state index is 0.00962. The van der Waals surface area contributed by atoms with Crippen LogP contribution in [0.4, 0.5) is 0 Å². The van der Waals surface area contributed by atoms with E-state index in [9.17, 15) is 117 Å². The van der Waals surface area contributed by atoms with Crippen molar-refractivity contribution in [1.82, 2.24) is 46.6 Å². The molecule has 0 saturated carbocycles. The first kappa shape index (κ1) is 140. The molecule has 0 aromatic heterocycles. The van der Waals surface area contributed by atoms with Gasteiger partial charge in [0.1, 0.15) is 54.7 Å². The first-order valence-electron chi connectivity index (χ1n) is 51.4. The van der Waals surface area contributed by atoms with Crippen LogP contribution >= 0.6 is 23.5 Å². The van der Waals surface area contributed by atoms with Crippen molar-refractivity contribution in [2.24, 2.45) is 22.2 Å². The van der Waals surface area contributed by atoms with Crippen LogP contribution in [-0.4, -0.2) is 416 Å². The van der Waals surface area contributed by atoms with E-state index in [-0.39, 0.29) is 231 Å². The largest absolute Gasteiger partial charge is 0.756 e. The summed E-state index contributed by atoms with van der Waals surface area (Å²) in [6.07, 6.45) is -4.91. The molecule has 9 amide bonds. The molecule has 51 nitrogen and oxygen atoms in total. The van der Waals surface area contributed by atoms with E-state index in [1.165, 1.54) is 20.8 Å². The number of nitrogens with one attached hydrogen (secondary N) is 6. The van der Waals surface area contributed by atoms with Gasteiger partial charge in [0.2, 0.25) is 53.2 Å². The van der Waals surface area contributed by atoms with Gasteiger partial charge < -0.3 is 193 Å². The average Bonchev–Trinajstić information content (AvgIpc) is 0.796. The Kier molecular flexibility index (Phi) is 74.9. The number of rotatable bonds is 63. The molecule has 6 rings (SSSR count). The predicted octanol–water partition coefficient (Wildman–Crippen LogP) is -1.96. The normalized spacial score (nSPS) is 24.7. The standard InChI is InChI=1S/C83H150N9O37P3.5C2H6O/c1-6-117-46-47-121-130(111,112)123-53-82(30-39-91(40-31-82)68(104)26-11-8-18-36-86-66(102)24-15-21-45-120-80-72(89-60(5)99)77(110)75(108)63(50-95)129-80)54-125-132(115,116)126-56-83(32-41-92(42-33-83)69(105)27-12-9-17-35-84-64(100)22-13-19-43-118-78-70(87-58(3)97)73(106)57(2)61(48-93)127-78)55-124-131(113,114)122-52-81(51-96)28-37-90(38-29-81)67(103)25-10-7-16-34-85-65(101)23-14-20-44-119-79-71(88-59(4)98)76(109)74(107)62(49-94)128-79;5*1-2-3/h57,61-63,70-80,93-96,106-110H,6-56H2,1-5H3,(H,84,100)(H,85,101)(H,86,102)(H,87,97)(H,88,98)(H,89,99)(H,111,112)(H,113,114)(H,115,116);5*3H,2H2,1H3/p-3/t57-,61+,62+,63+,70+,71+,72+,73-,74-,75-,76+,77+,78+,79+,80+;;;;;/m0...../s1. The van der Waals surface area contributed by atoms with Gasteiger partial charge in [0.05, 0.1) is 84.9 Å². The highest BCUT2D eigenvalue weighted by molar-refractivity contribution is 7.46. The molecule has 6 heterocycles. The van der Waals surface area contributed by atoms with E-state index in [0.717, 1.165) is 0 Å². The fourth-order valence-corrected chi connectivity index (χ4v) is 18.9. The number of amides is 9. The summed E-state index contributed by atoms with van der Waals surface area (Å²) in [6, 6.07) is -3.06. The van der Waals surface area contributed by atoms with E-state index in [4.69, 9.17) is 85.8 Å². The zero-order valence-corrected chi connectivity index (χ0v) is 90.3. The van der Waals surface area contributed by atoms with Crippen LogP contribution < -0.4 is 46.6 Å². The van der Waals surface area contributed by atoms with Gasteiger partial charge in [0, 0.05) is 200 Å². The third kappa shape index (κ3) is 57.7. The number of hydrogen-bond donors (Lipinski definition) is 20. The van der Waals surface area contributed by atoms with Gasteiger partial charge in [-0.1, -0.05) is 26.2 Å². The van der Waals surface area contributed by atoms with Crippen molar-refractivity contribution in [3.05, 3.63) is 0 Å². The van der Waals surface area contributed by atoms with Crippen molar-refractivity contribution in [1.29, 1.82) is 0 Å². The van der Waals surface area contributed by atoms with Crippen LogP contribution in [-0.2, 0) is 117 Å². The Labute approximate surface area is 864 Å². The molecule has 18 atom stereocenters. The number of carbonyl (C=O) groups is 9. The second-order valence-electron chi connectivity index (χ2n) is 36.8. The van der Waals surface area contributed by atoms with E-state index >= 15 is 0 Å². The van der Waals surface area contributed by atoms with Crippen molar-refractivity contribution in [2.75, 3.05) is 191 Å².